The Labute approximate surface area is 426 Å². The normalized spacial score (nSPS) is 14.3. The molecule has 71 heavy (non-hydrogen) atoms. The van der Waals surface area contributed by atoms with Crippen molar-refractivity contribution in [1.29, 1.82) is 0 Å². The van der Waals surface area contributed by atoms with Crippen LogP contribution in [-0.2, 0) is 39.6 Å². The Hall–Kier alpha value is -7.15. The maximum atomic E-state index is 11.8. The van der Waals surface area contributed by atoms with Crippen LogP contribution in [0.3, 0.4) is 0 Å². The van der Waals surface area contributed by atoms with Crippen molar-refractivity contribution < 1.29 is 81.1 Å². The van der Waals surface area contributed by atoms with Gasteiger partial charge in [0.25, 0.3) is 0 Å². The average molecular weight is 1180 g/mol. The summed E-state index contributed by atoms with van der Waals surface area (Å²) >= 11 is -2.51. The van der Waals surface area contributed by atoms with Gasteiger partial charge in [0.2, 0.25) is 0 Å². The Balaban J connectivity index is 0.00000220. The van der Waals surface area contributed by atoms with Gasteiger partial charge in [-0.3, -0.25) is 9.98 Å². The summed E-state index contributed by atoms with van der Waals surface area (Å²) in [6.45, 7) is 1.78. The summed E-state index contributed by atoms with van der Waals surface area (Å²) in [4.78, 5) is 9.25. The molecule has 14 nitrogen and oxygen atoms in total. The van der Waals surface area contributed by atoms with Crippen molar-refractivity contribution in [3.63, 3.8) is 0 Å². The molecule has 0 saturated carbocycles. The molecule has 1 aliphatic carbocycles. The van der Waals surface area contributed by atoms with Gasteiger partial charge in [0.1, 0.15) is 49.4 Å². The standard InChI is InChI=1S/C56H52N2O10.2O.U/c59-51-37-9-3-11-39(51)33-43-15-6-16-44-34-40-12-4-10-38(52(40)60)32-42-14-5-13-41(31-37)55(42)67-29-25-63-23-27-65-49-21-7-17-45(53(49)61)35-57-47-19-1-2-20-48(47)58-36-46-18-8-22-50(54(46)62)66-28-24-64-26-30-68-56(43)44;;;/h1-22,35-36,59-62H,23-34H2;;;. The van der Waals surface area contributed by atoms with E-state index < -0.39 is 27.8 Å². The molecule has 15 heteroatoms. The Morgan fingerprint density at radius 1 is 0.352 bits per heavy atom. The predicted octanol–water partition coefficient (Wildman–Crippen LogP) is 9.71. The van der Waals surface area contributed by atoms with Gasteiger partial charge in [0.05, 0.1) is 37.8 Å². The Morgan fingerprint density at radius 3 is 1.01 bits per heavy atom. The van der Waals surface area contributed by atoms with E-state index >= 15 is 0 Å². The number of ether oxygens (including phenoxy) is 6. The van der Waals surface area contributed by atoms with E-state index in [4.69, 9.17) is 32.9 Å². The van der Waals surface area contributed by atoms with Gasteiger partial charge >= 0.3 is 32.3 Å². The molecular formula is C56H52N2O12U. The first-order chi connectivity index (χ1) is 34.8. The molecule has 2 aliphatic heterocycles. The van der Waals surface area contributed by atoms with Crippen LogP contribution in [-0.4, -0.2) is 85.7 Å². The Bertz CT molecular complexity index is 2780. The van der Waals surface area contributed by atoms with Crippen LogP contribution < -0.4 is 18.9 Å². The molecule has 0 fully saturated rings. The van der Waals surface area contributed by atoms with Gasteiger partial charge in [-0.15, -0.1) is 0 Å². The van der Waals surface area contributed by atoms with Crippen molar-refractivity contribution in [3.05, 3.63) is 189 Å². The van der Waals surface area contributed by atoms with Gasteiger partial charge in [-0.2, -0.15) is 0 Å². The van der Waals surface area contributed by atoms with Crippen LogP contribution in [0, 0.1) is 27.8 Å². The number of nitrogens with zero attached hydrogens (tertiary/aromatic N) is 2. The number of aliphatic imine (C=N–C) groups is 2. The van der Waals surface area contributed by atoms with Gasteiger partial charge in [-0.25, -0.2) is 0 Å². The number of rotatable bonds is 0. The Morgan fingerprint density at radius 2 is 0.662 bits per heavy atom. The second-order valence-electron chi connectivity index (χ2n) is 16.5. The second kappa shape index (κ2) is 25.1. The van der Waals surface area contributed by atoms with Crippen molar-refractivity contribution in [1.82, 2.24) is 0 Å². The van der Waals surface area contributed by atoms with Gasteiger partial charge < -0.3 is 48.8 Å². The minimum atomic E-state index is -2.51. The molecule has 0 amide bonds. The summed E-state index contributed by atoms with van der Waals surface area (Å²) in [6.07, 6.45) is 4.67. The second-order valence-corrected chi connectivity index (χ2v) is 17.2. The molecule has 7 aromatic carbocycles. The van der Waals surface area contributed by atoms with Crippen molar-refractivity contribution in [2.75, 3.05) is 52.9 Å². The fraction of sp³-hybridized carbons (Fsp3) is 0.214. The summed E-state index contributed by atoms with van der Waals surface area (Å²) in [6, 6.07) is 41.2. The summed E-state index contributed by atoms with van der Waals surface area (Å²) in [5.74, 6) is 2.16. The predicted molar refractivity (Wildman–Crippen MR) is 262 cm³/mol. The van der Waals surface area contributed by atoms with Crippen LogP contribution in [0.2, 0.25) is 0 Å². The fourth-order valence-corrected chi connectivity index (χ4v) is 8.40. The average Bonchev–Trinajstić information content (AvgIpc) is 3.37. The van der Waals surface area contributed by atoms with Crippen LogP contribution in [0.25, 0.3) is 0 Å². The monoisotopic (exact) mass is 1180 g/mol. The molecule has 0 aromatic heterocycles. The molecular weight excluding hydrogens is 1130 g/mol. The van der Waals surface area contributed by atoms with Gasteiger partial charge in [-0.1, -0.05) is 97.1 Å². The first-order valence-corrected chi connectivity index (χ1v) is 26.5. The zero-order chi connectivity index (χ0) is 49.4. The first-order valence-electron chi connectivity index (χ1n) is 23.1. The van der Waals surface area contributed by atoms with Crippen molar-refractivity contribution >= 4 is 23.8 Å². The molecule has 0 spiro atoms. The number of aromatic hydroxyl groups is 4. The van der Waals surface area contributed by atoms with E-state index in [1.54, 1.807) is 61.0 Å². The van der Waals surface area contributed by atoms with Crippen LogP contribution >= 0.6 is 0 Å². The van der Waals surface area contributed by atoms with Gasteiger partial charge in [0.15, 0.2) is 23.0 Å². The van der Waals surface area contributed by atoms with Gasteiger partial charge in [-0.05, 0) is 80.9 Å². The molecule has 0 saturated heterocycles. The number of phenolic OH excluding ortho intramolecular Hbond substituents is 4. The van der Waals surface area contributed by atoms with Crippen molar-refractivity contribution in [2.24, 2.45) is 9.98 Å². The summed E-state index contributed by atoms with van der Waals surface area (Å²) in [5, 5.41) is 45.9. The number of hydrogen-bond acceptors (Lipinski definition) is 14. The number of fused-ring (bicyclic) bond motifs is 12. The summed E-state index contributed by atoms with van der Waals surface area (Å²) < 4.78 is 54.0. The third-order valence-corrected chi connectivity index (χ3v) is 11.8. The number of phenols is 4. The molecule has 0 atom stereocenters. The molecule has 2 heterocycles. The van der Waals surface area contributed by atoms with E-state index in [1.807, 2.05) is 84.9 Å². The molecule has 10 rings (SSSR count). The molecule has 4 N–H and O–H groups in total. The summed E-state index contributed by atoms with van der Waals surface area (Å²) in [5.41, 5.74) is 8.49. The van der Waals surface area contributed by atoms with Crippen molar-refractivity contribution in [2.45, 2.75) is 25.7 Å². The van der Waals surface area contributed by atoms with E-state index in [1.165, 1.54) is 0 Å². The number of hydrogen-bond donors (Lipinski definition) is 4. The quantitative estimate of drug-likeness (QED) is 0.105. The summed E-state index contributed by atoms with van der Waals surface area (Å²) in [7, 11) is 0. The van der Waals surface area contributed by atoms with E-state index in [-0.39, 0.29) is 87.4 Å². The van der Waals surface area contributed by atoms with E-state index in [2.05, 4.69) is 9.98 Å². The molecule has 3 aliphatic rings. The number of para-hydroxylation sites is 8. The van der Waals surface area contributed by atoms with E-state index in [0.29, 0.717) is 59.7 Å². The van der Waals surface area contributed by atoms with Crippen LogP contribution in [0.15, 0.2) is 143 Å². The molecule has 0 unspecified atom stereocenters. The third-order valence-electron chi connectivity index (χ3n) is 11.8. The third kappa shape index (κ3) is 13.0. The Kier molecular flexibility index (Phi) is 17.8. The minimum absolute atomic E-state index is 0.0678. The zero-order valence-corrected chi connectivity index (χ0v) is 43.0. The topological polar surface area (TPSA) is 195 Å². The van der Waals surface area contributed by atoms with E-state index in [0.717, 1.165) is 44.5 Å². The molecule has 362 valence electrons. The fourth-order valence-electron chi connectivity index (χ4n) is 8.40. The molecule has 14 bridgehead atoms. The SMILES string of the molecule is Oc1c2cccc1Cc1cccc3c1OCCOCCOc1cccc(c1O)C=Nc1ccccc1N=Cc1cccc(c1O)OCCOCCOc1c(cccc1Cc1cccc(c1O)C3)C2.[O]=[U]=[O]. The first kappa shape index (κ1) is 50.2. The molecule has 7 aromatic rings. The number of benzene rings is 7. The van der Waals surface area contributed by atoms with E-state index in [9.17, 15) is 20.4 Å². The van der Waals surface area contributed by atoms with Crippen LogP contribution in [0.5, 0.6) is 46.0 Å². The molecule has 0 radical (unpaired) electrons. The van der Waals surface area contributed by atoms with Crippen LogP contribution in [0.1, 0.15) is 55.6 Å². The van der Waals surface area contributed by atoms with Crippen LogP contribution in [0.4, 0.5) is 11.4 Å². The maximum absolute atomic E-state index is 11.8. The zero-order valence-electron chi connectivity index (χ0n) is 38.8. The van der Waals surface area contributed by atoms with Gasteiger partial charge in [0, 0.05) is 49.2 Å². The van der Waals surface area contributed by atoms with Crippen molar-refractivity contribution in [3.8, 4) is 46.0 Å².